The molecule has 0 radical (unpaired) electrons. The average Bonchev–Trinajstić information content (AvgIpc) is 3.37. The number of amides is 3. The van der Waals surface area contributed by atoms with Crippen LogP contribution in [0.2, 0.25) is 0 Å². The number of nitrogens with two attached hydrogens (primary N) is 1. The lowest BCUT2D eigenvalue weighted by Crippen LogP contribution is -2.39. The minimum absolute atomic E-state index is 0. The fourth-order valence-electron chi connectivity index (χ4n) is 2.29. The summed E-state index contributed by atoms with van der Waals surface area (Å²) in [6.45, 7) is 3.19. The predicted octanol–water partition coefficient (Wildman–Crippen LogP) is 2.04. The van der Waals surface area contributed by atoms with E-state index in [9.17, 15) is 9.59 Å². The highest BCUT2D eigenvalue weighted by Crippen LogP contribution is 2.31. The molecule has 6 nitrogen and oxygen atoms in total. The average molecular weight is 355 g/mol. The molecule has 134 valence electrons. The fourth-order valence-corrected chi connectivity index (χ4v) is 2.29. The molecule has 1 aliphatic rings. The number of hydrogen-bond donors (Lipinski definition) is 4. The molecule has 1 aliphatic carbocycles. The molecule has 1 saturated carbocycles. The number of halogens is 1. The summed E-state index contributed by atoms with van der Waals surface area (Å²) in [5, 5.41) is 8.37. The van der Waals surface area contributed by atoms with E-state index < -0.39 is 0 Å². The molecule has 1 aromatic rings. The van der Waals surface area contributed by atoms with Crippen molar-refractivity contribution in [2.24, 2.45) is 11.7 Å². The first kappa shape index (κ1) is 20.3. The summed E-state index contributed by atoms with van der Waals surface area (Å²) in [5.41, 5.74) is 7.57. The van der Waals surface area contributed by atoms with Gasteiger partial charge in [0.05, 0.1) is 6.42 Å². The highest BCUT2D eigenvalue weighted by Gasteiger charge is 2.28. The SMILES string of the molecule is CCCNC(=O)Nc1ccc(CC(=O)NCC(N)C2CC2)cc1.Cl. The highest BCUT2D eigenvalue weighted by molar-refractivity contribution is 5.89. The first-order valence-corrected chi connectivity index (χ1v) is 8.24. The van der Waals surface area contributed by atoms with Gasteiger partial charge < -0.3 is 21.7 Å². The third kappa shape index (κ3) is 7.19. The molecule has 1 fully saturated rings. The van der Waals surface area contributed by atoms with E-state index in [2.05, 4.69) is 16.0 Å². The molecule has 0 bridgehead atoms. The lowest BCUT2D eigenvalue weighted by atomic mass is 10.1. The van der Waals surface area contributed by atoms with Crippen LogP contribution in [0.15, 0.2) is 24.3 Å². The molecule has 0 aromatic heterocycles. The Hall–Kier alpha value is -1.79. The first-order valence-electron chi connectivity index (χ1n) is 8.24. The first-order chi connectivity index (χ1) is 11.1. The Morgan fingerprint density at radius 2 is 1.88 bits per heavy atom. The van der Waals surface area contributed by atoms with Crippen LogP contribution in [0, 0.1) is 5.92 Å². The molecule has 0 spiro atoms. The van der Waals surface area contributed by atoms with E-state index in [1.807, 2.05) is 19.1 Å². The zero-order valence-electron chi connectivity index (χ0n) is 14.0. The molecule has 0 aliphatic heterocycles. The topological polar surface area (TPSA) is 96.2 Å². The molecule has 24 heavy (non-hydrogen) atoms. The summed E-state index contributed by atoms with van der Waals surface area (Å²) in [6.07, 6.45) is 3.57. The molecule has 1 unspecified atom stereocenters. The smallest absolute Gasteiger partial charge is 0.319 e. The van der Waals surface area contributed by atoms with Gasteiger partial charge in [0.15, 0.2) is 0 Å². The summed E-state index contributed by atoms with van der Waals surface area (Å²) in [7, 11) is 0. The maximum atomic E-state index is 11.9. The summed E-state index contributed by atoms with van der Waals surface area (Å²) in [6, 6.07) is 7.14. The Morgan fingerprint density at radius 1 is 1.21 bits per heavy atom. The number of rotatable bonds is 8. The van der Waals surface area contributed by atoms with Gasteiger partial charge in [0.2, 0.25) is 5.91 Å². The Kier molecular flexibility index (Phi) is 8.57. The van der Waals surface area contributed by atoms with Crippen molar-refractivity contribution < 1.29 is 9.59 Å². The Morgan fingerprint density at radius 3 is 2.46 bits per heavy atom. The maximum Gasteiger partial charge on any atom is 0.319 e. The van der Waals surface area contributed by atoms with Crippen molar-refractivity contribution in [1.29, 1.82) is 0 Å². The van der Waals surface area contributed by atoms with Crippen LogP contribution in [-0.4, -0.2) is 31.1 Å². The normalized spacial score (nSPS) is 14.2. The molecule has 1 atom stereocenters. The van der Waals surface area contributed by atoms with Gasteiger partial charge in [-0.05, 0) is 42.9 Å². The van der Waals surface area contributed by atoms with Crippen LogP contribution in [0.3, 0.4) is 0 Å². The lowest BCUT2D eigenvalue weighted by Gasteiger charge is -2.12. The molecule has 1 aromatic carbocycles. The Bertz CT molecular complexity index is 532. The van der Waals surface area contributed by atoms with Gasteiger partial charge in [-0.3, -0.25) is 4.79 Å². The fraction of sp³-hybridized carbons (Fsp3) is 0.529. The van der Waals surface area contributed by atoms with Gasteiger partial charge in [-0.2, -0.15) is 0 Å². The molecule has 7 heteroatoms. The minimum atomic E-state index is -0.216. The van der Waals surface area contributed by atoms with Crippen LogP contribution >= 0.6 is 12.4 Å². The van der Waals surface area contributed by atoms with E-state index in [1.165, 1.54) is 12.8 Å². The number of nitrogens with one attached hydrogen (secondary N) is 3. The van der Waals surface area contributed by atoms with Crippen molar-refractivity contribution in [3.05, 3.63) is 29.8 Å². The Balaban J connectivity index is 0.00000288. The van der Waals surface area contributed by atoms with Crippen molar-refractivity contribution in [3.8, 4) is 0 Å². The zero-order chi connectivity index (χ0) is 16.7. The molecule has 5 N–H and O–H groups in total. The molecule has 3 amide bonds. The van der Waals surface area contributed by atoms with E-state index in [-0.39, 0.29) is 30.4 Å². The van der Waals surface area contributed by atoms with Crippen LogP contribution in [0.1, 0.15) is 31.7 Å². The van der Waals surface area contributed by atoms with Gasteiger partial charge in [-0.15, -0.1) is 12.4 Å². The third-order valence-corrected chi connectivity index (χ3v) is 3.87. The number of urea groups is 1. The second-order valence-electron chi connectivity index (χ2n) is 6.06. The van der Waals surface area contributed by atoms with Gasteiger partial charge >= 0.3 is 6.03 Å². The van der Waals surface area contributed by atoms with Crippen LogP contribution < -0.4 is 21.7 Å². The number of carbonyl (C=O) groups is 2. The monoisotopic (exact) mass is 354 g/mol. The number of hydrogen-bond acceptors (Lipinski definition) is 3. The third-order valence-electron chi connectivity index (χ3n) is 3.87. The van der Waals surface area contributed by atoms with Gasteiger partial charge in [-0.1, -0.05) is 19.1 Å². The number of benzene rings is 1. The second kappa shape index (κ2) is 10.2. The van der Waals surface area contributed by atoms with Crippen molar-refractivity contribution in [1.82, 2.24) is 10.6 Å². The van der Waals surface area contributed by atoms with Crippen LogP contribution in [0.25, 0.3) is 0 Å². The van der Waals surface area contributed by atoms with Gasteiger partial charge in [-0.25, -0.2) is 4.79 Å². The van der Waals surface area contributed by atoms with Gasteiger partial charge in [0.1, 0.15) is 0 Å². The van der Waals surface area contributed by atoms with Crippen molar-refractivity contribution >= 4 is 30.0 Å². The van der Waals surface area contributed by atoms with Crippen molar-refractivity contribution in [2.75, 3.05) is 18.4 Å². The molecule has 0 heterocycles. The van der Waals surface area contributed by atoms with E-state index in [4.69, 9.17) is 5.73 Å². The highest BCUT2D eigenvalue weighted by atomic mass is 35.5. The number of anilines is 1. The van der Waals surface area contributed by atoms with E-state index >= 15 is 0 Å². The molecular weight excluding hydrogens is 328 g/mol. The van der Waals surface area contributed by atoms with Gasteiger partial charge in [0.25, 0.3) is 0 Å². The second-order valence-corrected chi connectivity index (χ2v) is 6.06. The summed E-state index contributed by atoms with van der Waals surface area (Å²) < 4.78 is 0. The van der Waals surface area contributed by atoms with E-state index in [0.29, 0.717) is 31.1 Å². The largest absolute Gasteiger partial charge is 0.354 e. The molecule has 0 saturated heterocycles. The Labute approximate surface area is 149 Å². The van der Waals surface area contributed by atoms with Crippen molar-refractivity contribution in [3.63, 3.8) is 0 Å². The molecular formula is C17H27ClN4O2. The summed E-state index contributed by atoms with van der Waals surface area (Å²) in [4.78, 5) is 23.4. The summed E-state index contributed by atoms with van der Waals surface area (Å²) >= 11 is 0. The number of carbonyl (C=O) groups excluding carboxylic acids is 2. The minimum Gasteiger partial charge on any atom is -0.354 e. The van der Waals surface area contributed by atoms with E-state index in [0.717, 1.165) is 12.0 Å². The maximum absolute atomic E-state index is 11.9. The standard InChI is InChI=1S/C17H26N4O2.ClH/c1-2-9-19-17(23)21-14-7-3-12(4-8-14)10-16(22)20-11-15(18)13-5-6-13;/h3-4,7-8,13,15H,2,5-6,9-11,18H2,1H3,(H,20,22)(H2,19,21,23);1H. The van der Waals surface area contributed by atoms with Gasteiger partial charge in [0, 0.05) is 24.8 Å². The van der Waals surface area contributed by atoms with Crippen LogP contribution in [0.5, 0.6) is 0 Å². The lowest BCUT2D eigenvalue weighted by molar-refractivity contribution is -0.120. The van der Waals surface area contributed by atoms with Crippen LogP contribution in [0.4, 0.5) is 10.5 Å². The van der Waals surface area contributed by atoms with Crippen LogP contribution in [-0.2, 0) is 11.2 Å². The van der Waals surface area contributed by atoms with Crippen molar-refractivity contribution in [2.45, 2.75) is 38.6 Å². The summed E-state index contributed by atoms with van der Waals surface area (Å²) in [5.74, 6) is 0.557. The zero-order valence-corrected chi connectivity index (χ0v) is 14.8. The predicted molar refractivity (Wildman–Crippen MR) is 98.4 cm³/mol. The molecule has 2 rings (SSSR count). The van der Waals surface area contributed by atoms with E-state index in [1.54, 1.807) is 12.1 Å². The quantitative estimate of drug-likeness (QED) is 0.575.